The molecule has 0 bridgehead atoms. The molecule has 0 aliphatic rings. The molecule has 0 aromatic heterocycles. The van der Waals surface area contributed by atoms with Crippen LogP contribution in [0.5, 0.6) is 0 Å². The number of Topliss-reactive ketones (excluding diaryl/α,β-unsaturated/α-hetero) is 1. The van der Waals surface area contributed by atoms with E-state index in [1.165, 1.54) is 6.66 Å². The molecule has 0 heterocycles. The Balaban J connectivity index is 3.60. The van der Waals surface area contributed by atoms with Crippen molar-refractivity contribution in [1.82, 2.24) is 0 Å². The lowest BCUT2D eigenvalue weighted by Crippen LogP contribution is -2.05. The van der Waals surface area contributed by atoms with Gasteiger partial charge in [-0.15, -0.1) is 4.52 Å². The van der Waals surface area contributed by atoms with E-state index in [1.807, 2.05) is 0 Å². The lowest BCUT2D eigenvalue weighted by Gasteiger charge is -1.90. The van der Waals surface area contributed by atoms with E-state index < -0.39 is 8.03 Å². The SMILES string of the molecule is C=C(C)C(=O)CO[P+](C)=O. The van der Waals surface area contributed by atoms with Gasteiger partial charge in [-0.25, -0.2) is 0 Å². The third kappa shape index (κ3) is 4.36. The van der Waals surface area contributed by atoms with Gasteiger partial charge in [0.2, 0.25) is 0 Å². The number of hydrogen-bond donors (Lipinski definition) is 0. The molecule has 0 amide bonds. The van der Waals surface area contributed by atoms with Gasteiger partial charge in [0.15, 0.2) is 19.1 Å². The summed E-state index contributed by atoms with van der Waals surface area (Å²) >= 11 is 0. The smallest absolute Gasteiger partial charge is 0.292 e. The molecule has 0 aliphatic heterocycles. The molecular weight excluding hydrogens is 151 g/mol. The third-order valence-electron chi connectivity index (χ3n) is 0.853. The molecule has 0 N–H and O–H groups in total. The van der Waals surface area contributed by atoms with E-state index in [4.69, 9.17) is 0 Å². The highest BCUT2D eigenvalue weighted by molar-refractivity contribution is 7.38. The molecule has 0 aromatic rings. The molecule has 0 aliphatic carbocycles. The van der Waals surface area contributed by atoms with Crippen molar-refractivity contribution in [2.24, 2.45) is 0 Å². The largest absolute Gasteiger partial charge is 0.505 e. The Hall–Kier alpha value is -0.530. The van der Waals surface area contributed by atoms with E-state index in [1.54, 1.807) is 6.92 Å². The summed E-state index contributed by atoms with van der Waals surface area (Å²) in [5, 5.41) is 0. The Morgan fingerprint density at radius 1 is 1.70 bits per heavy atom. The van der Waals surface area contributed by atoms with Gasteiger partial charge < -0.3 is 0 Å². The summed E-state index contributed by atoms with van der Waals surface area (Å²) in [6.45, 7) is 6.28. The first-order valence-electron chi connectivity index (χ1n) is 2.76. The molecule has 0 spiro atoms. The minimum atomic E-state index is -1.67. The van der Waals surface area contributed by atoms with Crippen LogP contribution in [0.1, 0.15) is 6.92 Å². The summed E-state index contributed by atoms with van der Waals surface area (Å²) in [4.78, 5) is 10.7. The van der Waals surface area contributed by atoms with Gasteiger partial charge in [-0.3, -0.25) is 4.79 Å². The maximum Gasteiger partial charge on any atom is 0.505 e. The zero-order valence-corrected chi connectivity index (χ0v) is 6.98. The van der Waals surface area contributed by atoms with Crippen molar-refractivity contribution >= 4 is 13.8 Å². The van der Waals surface area contributed by atoms with E-state index in [-0.39, 0.29) is 12.4 Å². The first-order valence-corrected chi connectivity index (χ1v) is 4.39. The zero-order valence-electron chi connectivity index (χ0n) is 6.09. The summed E-state index contributed by atoms with van der Waals surface area (Å²) in [6.07, 6.45) is 0. The molecule has 1 unspecified atom stereocenters. The molecule has 0 saturated carbocycles. The summed E-state index contributed by atoms with van der Waals surface area (Å²) in [7, 11) is -1.67. The molecule has 3 nitrogen and oxygen atoms in total. The first-order chi connectivity index (χ1) is 4.54. The van der Waals surface area contributed by atoms with E-state index in [0.29, 0.717) is 5.57 Å². The fourth-order valence-electron chi connectivity index (χ4n) is 0.273. The van der Waals surface area contributed by atoms with Crippen molar-refractivity contribution < 1.29 is 13.9 Å². The molecule has 0 rings (SSSR count). The topological polar surface area (TPSA) is 43.4 Å². The Kier molecular flexibility index (Phi) is 4.08. The summed E-state index contributed by atoms with van der Waals surface area (Å²) < 4.78 is 14.9. The maximum atomic E-state index is 10.7. The minimum Gasteiger partial charge on any atom is -0.292 e. The van der Waals surface area contributed by atoms with E-state index >= 15 is 0 Å². The Morgan fingerprint density at radius 3 is 2.50 bits per heavy atom. The van der Waals surface area contributed by atoms with Crippen LogP contribution in [0.3, 0.4) is 0 Å². The second-order valence-corrected chi connectivity index (χ2v) is 3.05. The zero-order chi connectivity index (χ0) is 8.15. The number of carbonyl (C=O) groups is 1. The van der Waals surface area contributed by atoms with Gasteiger partial charge in [-0.1, -0.05) is 6.58 Å². The predicted molar refractivity (Wildman–Crippen MR) is 39.3 cm³/mol. The van der Waals surface area contributed by atoms with Gasteiger partial charge in [-0.05, 0) is 17.1 Å². The van der Waals surface area contributed by atoms with E-state index in [9.17, 15) is 9.36 Å². The average molecular weight is 161 g/mol. The second-order valence-electron chi connectivity index (χ2n) is 1.92. The molecular formula is C6H10O3P+. The molecule has 10 heavy (non-hydrogen) atoms. The van der Waals surface area contributed by atoms with Crippen molar-refractivity contribution in [1.29, 1.82) is 0 Å². The van der Waals surface area contributed by atoms with Crippen LogP contribution < -0.4 is 0 Å². The number of rotatable bonds is 4. The van der Waals surface area contributed by atoms with Crippen molar-refractivity contribution in [3.05, 3.63) is 12.2 Å². The lowest BCUT2D eigenvalue weighted by molar-refractivity contribution is -0.117. The van der Waals surface area contributed by atoms with Crippen molar-refractivity contribution in [2.45, 2.75) is 6.92 Å². The lowest BCUT2D eigenvalue weighted by atomic mass is 10.2. The molecule has 0 saturated heterocycles. The van der Waals surface area contributed by atoms with Gasteiger partial charge >= 0.3 is 8.03 Å². The quantitative estimate of drug-likeness (QED) is 0.463. The summed E-state index contributed by atoms with van der Waals surface area (Å²) in [5.41, 5.74) is 0.428. The number of ketones is 1. The first kappa shape index (κ1) is 9.47. The van der Waals surface area contributed by atoms with Crippen LogP contribution in [-0.4, -0.2) is 19.1 Å². The third-order valence-corrected chi connectivity index (χ3v) is 1.35. The molecule has 1 atom stereocenters. The van der Waals surface area contributed by atoms with Crippen LogP contribution in [0.25, 0.3) is 0 Å². The highest BCUT2D eigenvalue weighted by atomic mass is 31.1. The van der Waals surface area contributed by atoms with Gasteiger partial charge in [0.1, 0.15) is 0 Å². The summed E-state index contributed by atoms with van der Waals surface area (Å²) in [5.74, 6) is -0.204. The van der Waals surface area contributed by atoms with Gasteiger partial charge in [0.05, 0.1) is 0 Å². The monoisotopic (exact) mass is 161 g/mol. The number of carbonyl (C=O) groups excluding carboxylic acids is 1. The van der Waals surface area contributed by atoms with Crippen LogP contribution >= 0.6 is 8.03 Å². The molecule has 0 aromatic carbocycles. The van der Waals surface area contributed by atoms with Gasteiger partial charge in [-0.2, -0.15) is 0 Å². The van der Waals surface area contributed by atoms with Crippen molar-refractivity contribution in [3.63, 3.8) is 0 Å². The fourth-order valence-corrected chi connectivity index (χ4v) is 0.572. The van der Waals surface area contributed by atoms with Crippen molar-refractivity contribution in [3.8, 4) is 0 Å². The maximum absolute atomic E-state index is 10.7. The highest BCUT2D eigenvalue weighted by Gasteiger charge is 2.11. The Labute approximate surface area is 60.9 Å². The highest BCUT2D eigenvalue weighted by Crippen LogP contribution is 2.14. The van der Waals surface area contributed by atoms with Gasteiger partial charge in [0, 0.05) is 0 Å². The minimum absolute atomic E-state index is 0.124. The number of hydrogen-bond acceptors (Lipinski definition) is 3. The van der Waals surface area contributed by atoms with Crippen LogP contribution in [-0.2, 0) is 13.9 Å². The normalized spacial score (nSPS) is 10.8. The van der Waals surface area contributed by atoms with Crippen LogP contribution in [0.2, 0.25) is 0 Å². The van der Waals surface area contributed by atoms with Crippen LogP contribution in [0.4, 0.5) is 0 Å². The standard InChI is InChI=1S/C6H10O3P/c1-5(2)6(7)4-9-10(3)8/h1,4H2,2-3H3/q+1. The molecule has 4 heteroatoms. The molecule has 0 radical (unpaired) electrons. The predicted octanol–water partition coefficient (Wildman–Crippen LogP) is 1.52. The Morgan fingerprint density at radius 2 is 2.20 bits per heavy atom. The summed E-state index contributed by atoms with van der Waals surface area (Å²) in [6, 6.07) is 0. The molecule has 0 fully saturated rings. The van der Waals surface area contributed by atoms with Crippen LogP contribution in [0, 0.1) is 0 Å². The van der Waals surface area contributed by atoms with E-state index in [0.717, 1.165) is 0 Å². The molecule has 56 valence electrons. The van der Waals surface area contributed by atoms with Crippen LogP contribution in [0.15, 0.2) is 12.2 Å². The van der Waals surface area contributed by atoms with E-state index in [2.05, 4.69) is 11.1 Å². The Bertz CT molecular complexity index is 174. The second kappa shape index (κ2) is 4.31. The van der Waals surface area contributed by atoms with Gasteiger partial charge in [0.25, 0.3) is 0 Å². The van der Waals surface area contributed by atoms with Crippen molar-refractivity contribution in [2.75, 3.05) is 13.3 Å². The average Bonchev–Trinajstić information content (AvgIpc) is 1.82. The fraction of sp³-hybridized carbons (Fsp3) is 0.500.